The number of hydrogen-bond donors (Lipinski definition) is 3. The van der Waals surface area contributed by atoms with E-state index >= 15 is 0 Å². The van der Waals surface area contributed by atoms with Gasteiger partial charge in [-0.1, -0.05) is 12.1 Å². The number of anilines is 3. The van der Waals surface area contributed by atoms with Gasteiger partial charge in [-0.25, -0.2) is 0 Å². The maximum atomic E-state index is 12.7. The minimum Gasteiger partial charge on any atom is -0.497 e. The van der Waals surface area contributed by atoms with Crippen LogP contribution in [0.3, 0.4) is 0 Å². The highest BCUT2D eigenvalue weighted by Gasteiger charge is 2.56. The minimum atomic E-state index is -1.08. The molecule has 7 nitrogen and oxygen atoms in total. The molecule has 7 heteroatoms. The zero-order valence-electron chi connectivity index (χ0n) is 15.2. The lowest BCUT2D eigenvalue weighted by Crippen LogP contribution is -2.35. The van der Waals surface area contributed by atoms with E-state index in [1.54, 1.807) is 55.6 Å². The zero-order chi connectivity index (χ0) is 19.4. The Morgan fingerprint density at radius 3 is 1.89 bits per heavy atom. The largest absolute Gasteiger partial charge is 0.497 e. The molecule has 140 valence electrons. The van der Waals surface area contributed by atoms with Crippen molar-refractivity contribution in [3.05, 3.63) is 48.5 Å². The molecule has 0 unspecified atom stereocenters. The van der Waals surface area contributed by atoms with Crippen molar-refractivity contribution in [1.82, 2.24) is 0 Å². The number of methoxy groups -OCH3 is 1. The van der Waals surface area contributed by atoms with Crippen LogP contribution in [0.25, 0.3) is 0 Å². The number of hydrogen-bond acceptors (Lipinski definition) is 4. The topological polar surface area (TPSA) is 96.5 Å². The van der Waals surface area contributed by atoms with Gasteiger partial charge in [0.1, 0.15) is 11.2 Å². The molecule has 0 spiro atoms. The van der Waals surface area contributed by atoms with Gasteiger partial charge >= 0.3 is 0 Å². The zero-order valence-corrected chi connectivity index (χ0v) is 15.2. The Bertz CT molecular complexity index is 890. The van der Waals surface area contributed by atoms with Crippen LogP contribution in [-0.4, -0.2) is 24.8 Å². The Hall–Kier alpha value is -3.35. The summed E-state index contributed by atoms with van der Waals surface area (Å²) in [6.45, 7) is 1.41. The first-order valence-electron chi connectivity index (χ1n) is 8.57. The first kappa shape index (κ1) is 18.4. The van der Waals surface area contributed by atoms with Crippen LogP contribution >= 0.6 is 0 Å². The van der Waals surface area contributed by atoms with Crippen molar-refractivity contribution in [2.75, 3.05) is 23.1 Å². The average molecular weight is 367 g/mol. The van der Waals surface area contributed by atoms with Gasteiger partial charge in [0.2, 0.25) is 17.7 Å². The second kappa shape index (κ2) is 7.49. The van der Waals surface area contributed by atoms with Crippen molar-refractivity contribution < 1.29 is 19.1 Å². The van der Waals surface area contributed by atoms with Gasteiger partial charge in [0.25, 0.3) is 0 Å². The highest BCUT2D eigenvalue weighted by atomic mass is 16.5. The first-order chi connectivity index (χ1) is 12.9. The maximum Gasteiger partial charge on any atom is 0.240 e. The monoisotopic (exact) mass is 367 g/mol. The van der Waals surface area contributed by atoms with Crippen LogP contribution in [0.15, 0.2) is 48.5 Å². The fraction of sp³-hybridized carbons (Fsp3) is 0.250. The van der Waals surface area contributed by atoms with Gasteiger partial charge in [-0.15, -0.1) is 0 Å². The Morgan fingerprint density at radius 2 is 1.37 bits per heavy atom. The fourth-order valence-electron chi connectivity index (χ4n) is 2.76. The standard InChI is InChI=1S/C20H21N3O4/c1-13(24)21-14-5-3-6-15(11-14)22-18(25)20(9-10-20)19(26)23-16-7-4-8-17(12-16)27-2/h3-8,11-12H,9-10H2,1-2H3,(H,21,24)(H,22,25)(H,23,26). The van der Waals surface area contributed by atoms with E-state index in [0.29, 0.717) is 35.7 Å². The second-order valence-electron chi connectivity index (χ2n) is 6.48. The Morgan fingerprint density at radius 1 is 0.852 bits per heavy atom. The lowest BCUT2D eigenvalue weighted by atomic mass is 10.0. The van der Waals surface area contributed by atoms with Gasteiger partial charge in [0.15, 0.2) is 0 Å². The highest BCUT2D eigenvalue weighted by molar-refractivity contribution is 6.17. The van der Waals surface area contributed by atoms with E-state index in [2.05, 4.69) is 16.0 Å². The van der Waals surface area contributed by atoms with Crippen LogP contribution in [0.5, 0.6) is 5.75 Å². The van der Waals surface area contributed by atoms with Crippen LogP contribution in [0.1, 0.15) is 19.8 Å². The van der Waals surface area contributed by atoms with Crippen LogP contribution in [0.4, 0.5) is 17.1 Å². The summed E-state index contributed by atoms with van der Waals surface area (Å²) in [5.41, 5.74) is 0.594. The summed E-state index contributed by atoms with van der Waals surface area (Å²) in [6, 6.07) is 13.8. The number of rotatable bonds is 6. The molecule has 2 aromatic rings. The summed E-state index contributed by atoms with van der Waals surface area (Å²) in [6.07, 6.45) is 0.972. The van der Waals surface area contributed by atoms with Crippen molar-refractivity contribution in [2.24, 2.45) is 5.41 Å². The molecule has 3 rings (SSSR count). The molecule has 1 aliphatic carbocycles. The van der Waals surface area contributed by atoms with Crippen LogP contribution in [0, 0.1) is 5.41 Å². The quantitative estimate of drug-likeness (QED) is 0.684. The number of ether oxygens (including phenoxy) is 1. The van der Waals surface area contributed by atoms with E-state index in [-0.39, 0.29) is 17.7 Å². The second-order valence-corrected chi connectivity index (χ2v) is 6.48. The lowest BCUT2D eigenvalue weighted by Gasteiger charge is -2.16. The van der Waals surface area contributed by atoms with Crippen molar-refractivity contribution in [2.45, 2.75) is 19.8 Å². The molecular weight excluding hydrogens is 346 g/mol. The highest BCUT2D eigenvalue weighted by Crippen LogP contribution is 2.47. The molecule has 0 aliphatic heterocycles. The number of nitrogens with one attached hydrogen (secondary N) is 3. The molecule has 3 amide bonds. The van der Waals surface area contributed by atoms with E-state index < -0.39 is 5.41 Å². The summed E-state index contributed by atoms with van der Waals surface area (Å²) in [5.74, 6) is -0.277. The van der Waals surface area contributed by atoms with Crippen LogP contribution in [0.2, 0.25) is 0 Å². The van der Waals surface area contributed by atoms with Crippen molar-refractivity contribution in [3.8, 4) is 5.75 Å². The Labute approximate surface area is 157 Å². The number of benzene rings is 2. The third kappa shape index (κ3) is 4.25. The Balaban J connectivity index is 1.68. The molecule has 0 saturated heterocycles. The van der Waals surface area contributed by atoms with Crippen molar-refractivity contribution in [1.29, 1.82) is 0 Å². The summed E-state index contributed by atoms with van der Waals surface area (Å²) >= 11 is 0. The molecule has 0 radical (unpaired) electrons. The fourth-order valence-corrected chi connectivity index (χ4v) is 2.76. The van der Waals surface area contributed by atoms with Gasteiger partial charge < -0.3 is 20.7 Å². The van der Waals surface area contributed by atoms with Gasteiger partial charge in [-0.2, -0.15) is 0 Å². The van der Waals surface area contributed by atoms with Gasteiger partial charge in [0.05, 0.1) is 7.11 Å². The summed E-state index contributed by atoms with van der Waals surface area (Å²) < 4.78 is 5.14. The molecule has 1 saturated carbocycles. The van der Waals surface area contributed by atoms with Crippen molar-refractivity contribution in [3.63, 3.8) is 0 Å². The molecule has 1 fully saturated rings. The first-order valence-corrected chi connectivity index (χ1v) is 8.57. The minimum absolute atomic E-state index is 0.199. The van der Waals surface area contributed by atoms with E-state index in [9.17, 15) is 14.4 Å². The summed E-state index contributed by atoms with van der Waals surface area (Å²) in [4.78, 5) is 36.5. The number of amides is 3. The van der Waals surface area contributed by atoms with E-state index in [1.165, 1.54) is 6.92 Å². The third-order valence-corrected chi connectivity index (χ3v) is 4.39. The molecule has 27 heavy (non-hydrogen) atoms. The van der Waals surface area contributed by atoms with Gasteiger partial charge in [0, 0.05) is 30.1 Å². The van der Waals surface area contributed by atoms with E-state index in [0.717, 1.165) is 0 Å². The Kier molecular flexibility index (Phi) is 5.12. The summed E-state index contributed by atoms with van der Waals surface area (Å²) in [5, 5.41) is 8.22. The van der Waals surface area contributed by atoms with Crippen LogP contribution < -0.4 is 20.7 Å². The lowest BCUT2D eigenvalue weighted by molar-refractivity contribution is -0.131. The molecule has 3 N–H and O–H groups in total. The summed E-state index contributed by atoms with van der Waals surface area (Å²) in [7, 11) is 1.55. The number of carbonyl (C=O) groups is 3. The van der Waals surface area contributed by atoms with Crippen molar-refractivity contribution >= 4 is 34.8 Å². The maximum absolute atomic E-state index is 12.7. The SMILES string of the molecule is COc1cccc(NC(=O)C2(C(=O)Nc3cccc(NC(C)=O)c3)CC2)c1. The molecule has 0 heterocycles. The molecule has 0 atom stereocenters. The number of carbonyl (C=O) groups excluding carboxylic acids is 3. The van der Waals surface area contributed by atoms with Gasteiger partial charge in [-0.05, 0) is 43.2 Å². The predicted octanol–water partition coefficient (Wildman–Crippen LogP) is 3.01. The molecular formula is C20H21N3O4. The normalized spacial score (nSPS) is 14.0. The van der Waals surface area contributed by atoms with E-state index in [4.69, 9.17) is 4.74 Å². The van der Waals surface area contributed by atoms with Gasteiger partial charge in [-0.3, -0.25) is 14.4 Å². The molecule has 0 bridgehead atoms. The average Bonchev–Trinajstić information content (AvgIpc) is 3.43. The third-order valence-electron chi connectivity index (χ3n) is 4.39. The molecule has 0 aromatic heterocycles. The molecule has 2 aromatic carbocycles. The molecule has 1 aliphatic rings. The smallest absolute Gasteiger partial charge is 0.240 e. The van der Waals surface area contributed by atoms with Crippen LogP contribution in [-0.2, 0) is 14.4 Å². The predicted molar refractivity (Wildman–Crippen MR) is 103 cm³/mol. The van der Waals surface area contributed by atoms with E-state index in [1.807, 2.05) is 0 Å².